The summed E-state index contributed by atoms with van der Waals surface area (Å²) in [5.74, 6) is 0. The lowest BCUT2D eigenvalue weighted by molar-refractivity contribution is 0.0520. The molecule has 0 aliphatic carbocycles. The molecule has 3 atom stereocenters. The quantitative estimate of drug-likeness (QED) is 0.759. The summed E-state index contributed by atoms with van der Waals surface area (Å²) in [5, 5.41) is 0. The predicted octanol–water partition coefficient (Wildman–Crippen LogP) is 2.77. The van der Waals surface area contributed by atoms with Gasteiger partial charge in [-0.3, -0.25) is 4.90 Å². The van der Waals surface area contributed by atoms with E-state index in [-0.39, 0.29) is 5.54 Å². The highest BCUT2D eigenvalue weighted by Gasteiger charge is 2.40. The maximum absolute atomic E-state index is 6.01. The van der Waals surface area contributed by atoms with Gasteiger partial charge >= 0.3 is 0 Å². The first-order valence-electron chi connectivity index (χ1n) is 6.57. The largest absolute Gasteiger partial charge is 0.329 e. The summed E-state index contributed by atoms with van der Waals surface area (Å²) in [6.07, 6.45) is 6.43. The van der Waals surface area contributed by atoms with E-state index in [1.807, 2.05) is 0 Å². The molecular weight excluding hydrogens is 184 g/mol. The van der Waals surface area contributed by atoms with Crippen LogP contribution in [-0.4, -0.2) is 29.1 Å². The Labute approximate surface area is 95.2 Å². The van der Waals surface area contributed by atoms with Crippen LogP contribution in [0.25, 0.3) is 0 Å². The van der Waals surface area contributed by atoms with E-state index in [1.54, 1.807) is 0 Å². The van der Waals surface area contributed by atoms with Gasteiger partial charge < -0.3 is 5.73 Å². The van der Waals surface area contributed by atoms with Crippen molar-refractivity contribution in [3.63, 3.8) is 0 Å². The Morgan fingerprint density at radius 2 is 2.00 bits per heavy atom. The average Bonchev–Trinajstić information content (AvgIpc) is 2.60. The van der Waals surface area contributed by atoms with Crippen LogP contribution in [0.4, 0.5) is 0 Å². The number of rotatable bonds is 5. The smallest absolute Gasteiger partial charge is 0.0309 e. The minimum atomic E-state index is 0.228. The molecule has 1 saturated heterocycles. The summed E-state index contributed by atoms with van der Waals surface area (Å²) in [7, 11) is 0. The minimum absolute atomic E-state index is 0.228. The van der Waals surface area contributed by atoms with Crippen molar-refractivity contribution < 1.29 is 0 Å². The van der Waals surface area contributed by atoms with E-state index in [9.17, 15) is 0 Å². The predicted molar refractivity (Wildman–Crippen MR) is 67.0 cm³/mol. The fourth-order valence-electron chi connectivity index (χ4n) is 3.32. The number of nitrogens with two attached hydrogens (primary N) is 1. The second-order valence-corrected chi connectivity index (χ2v) is 5.35. The molecule has 1 aliphatic heterocycles. The molecule has 0 radical (unpaired) electrons. The molecule has 15 heavy (non-hydrogen) atoms. The van der Waals surface area contributed by atoms with E-state index in [0.717, 1.165) is 18.6 Å². The number of likely N-dealkylation sites (tertiary alicyclic amines) is 1. The molecule has 2 heteroatoms. The van der Waals surface area contributed by atoms with Gasteiger partial charge in [-0.15, -0.1) is 0 Å². The normalized spacial score (nSPS) is 31.8. The third-order valence-corrected chi connectivity index (χ3v) is 4.11. The molecule has 2 nitrogen and oxygen atoms in total. The van der Waals surface area contributed by atoms with Crippen LogP contribution in [0.3, 0.4) is 0 Å². The van der Waals surface area contributed by atoms with E-state index in [1.165, 1.54) is 32.1 Å². The average molecular weight is 212 g/mol. The molecule has 3 unspecified atom stereocenters. The van der Waals surface area contributed by atoms with Crippen LogP contribution < -0.4 is 5.73 Å². The molecule has 0 aromatic heterocycles. The zero-order valence-corrected chi connectivity index (χ0v) is 10.9. The molecular formula is C13H28N2. The summed E-state index contributed by atoms with van der Waals surface area (Å²) in [6.45, 7) is 10.1. The lowest BCUT2D eigenvalue weighted by atomic mass is 9.91. The molecule has 1 fully saturated rings. The Hall–Kier alpha value is -0.0800. The van der Waals surface area contributed by atoms with Crippen molar-refractivity contribution >= 4 is 0 Å². The Morgan fingerprint density at radius 1 is 1.33 bits per heavy atom. The van der Waals surface area contributed by atoms with Gasteiger partial charge in [0, 0.05) is 24.2 Å². The highest BCUT2D eigenvalue weighted by atomic mass is 15.3. The zero-order valence-electron chi connectivity index (χ0n) is 10.9. The SMILES string of the molecule is CCCC(C)(CN)N1C(C)CCC1CC. The van der Waals surface area contributed by atoms with Gasteiger partial charge in [0.05, 0.1) is 0 Å². The second kappa shape index (κ2) is 5.31. The van der Waals surface area contributed by atoms with E-state index in [2.05, 4.69) is 32.6 Å². The molecule has 0 bridgehead atoms. The molecule has 0 aromatic rings. The molecule has 0 spiro atoms. The van der Waals surface area contributed by atoms with Crippen LogP contribution in [0.15, 0.2) is 0 Å². The fraction of sp³-hybridized carbons (Fsp3) is 1.00. The molecule has 1 heterocycles. The Balaban J connectivity index is 2.80. The third-order valence-electron chi connectivity index (χ3n) is 4.11. The van der Waals surface area contributed by atoms with Gasteiger partial charge in [0.15, 0.2) is 0 Å². The standard InChI is InChI=1S/C13H28N2/c1-5-9-13(4,10-14)15-11(3)7-8-12(15)6-2/h11-12H,5-10,14H2,1-4H3. The van der Waals surface area contributed by atoms with Crippen LogP contribution >= 0.6 is 0 Å². The van der Waals surface area contributed by atoms with Gasteiger partial charge in [-0.1, -0.05) is 20.3 Å². The summed E-state index contributed by atoms with van der Waals surface area (Å²) in [5.41, 5.74) is 6.24. The van der Waals surface area contributed by atoms with Crippen molar-refractivity contribution in [3.8, 4) is 0 Å². The van der Waals surface area contributed by atoms with Crippen LogP contribution in [0.1, 0.15) is 59.8 Å². The molecule has 1 aliphatic rings. The van der Waals surface area contributed by atoms with E-state index in [0.29, 0.717) is 0 Å². The molecule has 1 rings (SSSR count). The lowest BCUT2D eigenvalue weighted by Crippen LogP contribution is -2.56. The van der Waals surface area contributed by atoms with Gasteiger partial charge in [-0.25, -0.2) is 0 Å². The van der Waals surface area contributed by atoms with Gasteiger partial charge in [0.2, 0.25) is 0 Å². The maximum Gasteiger partial charge on any atom is 0.0309 e. The Bertz CT molecular complexity index is 193. The van der Waals surface area contributed by atoms with Crippen molar-refractivity contribution in [1.82, 2.24) is 4.90 Å². The topological polar surface area (TPSA) is 29.3 Å². The number of hydrogen-bond acceptors (Lipinski definition) is 2. The Morgan fingerprint density at radius 3 is 2.47 bits per heavy atom. The summed E-state index contributed by atoms with van der Waals surface area (Å²) in [6, 6.07) is 1.48. The maximum atomic E-state index is 6.01. The number of hydrogen-bond donors (Lipinski definition) is 1. The molecule has 90 valence electrons. The van der Waals surface area contributed by atoms with Crippen molar-refractivity contribution in [3.05, 3.63) is 0 Å². The van der Waals surface area contributed by atoms with E-state index >= 15 is 0 Å². The summed E-state index contributed by atoms with van der Waals surface area (Å²) < 4.78 is 0. The van der Waals surface area contributed by atoms with Gasteiger partial charge in [-0.2, -0.15) is 0 Å². The van der Waals surface area contributed by atoms with Gasteiger partial charge in [-0.05, 0) is 39.5 Å². The minimum Gasteiger partial charge on any atom is -0.329 e. The first-order valence-corrected chi connectivity index (χ1v) is 6.57. The molecule has 0 aromatic carbocycles. The van der Waals surface area contributed by atoms with Gasteiger partial charge in [0.25, 0.3) is 0 Å². The van der Waals surface area contributed by atoms with Crippen molar-refractivity contribution in [1.29, 1.82) is 0 Å². The monoisotopic (exact) mass is 212 g/mol. The molecule has 0 amide bonds. The highest BCUT2D eigenvalue weighted by molar-refractivity contribution is 4.97. The fourth-order valence-corrected chi connectivity index (χ4v) is 3.32. The van der Waals surface area contributed by atoms with E-state index < -0.39 is 0 Å². The van der Waals surface area contributed by atoms with Crippen LogP contribution in [0.2, 0.25) is 0 Å². The van der Waals surface area contributed by atoms with Crippen LogP contribution in [-0.2, 0) is 0 Å². The first kappa shape index (κ1) is 13.0. The lowest BCUT2D eigenvalue weighted by Gasteiger charge is -2.44. The van der Waals surface area contributed by atoms with Crippen molar-refractivity contribution in [2.24, 2.45) is 5.73 Å². The first-order chi connectivity index (χ1) is 7.09. The van der Waals surface area contributed by atoms with Crippen molar-refractivity contribution in [2.45, 2.75) is 77.4 Å². The van der Waals surface area contributed by atoms with Crippen LogP contribution in [0, 0.1) is 0 Å². The van der Waals surface area contributed by atoms with Gasteiger partial charge in [0.1, 0.15) is 0 Å². The van der Waals surface area contributed by atoms with Crippen molar-refractivity contribution in [2.75, 3.05) is 6.54 Å². The molecule has 0 saturated carbocycles. The highest BCUT2D eigenvalue weighted by Crippen LogP contribution is 2.35. The third kappa shape index (κ3) is 2.54. The zero-order chi connectivity index (χ0) is 11.5. The Kier molecular flexibility index (Phi) is 4.60. The van der Waals surface area contributed by atoms with Crippen LogP contribution in [0.5, 0.6) is 0 Å². The second-order valence-electron chi connectivity index (χ2n) is 5.35. The number of nitrogens with zero attached hydrogens (tertiary/aromatic N) is 1. The summed E-state index contributed by atoms with van der Waals surface area (Å²) >= 11 is 0. The summed E-state index contributed by atoms with van der Waals surface area (Å²) in [4.78, 5) is 2.70. The molecule has 2 N–H and O–H groups in total. The van der Waals surface area contributed by atoms with E-state index in [4.69, 9.17) is 5.73 Å².